The maximum atomic E-state index is 12.2. The molecule has 0 aliphatic heterocycles. The van der Waals surface area contributed by atoms with E-state index in [1.54, 1.807) is 6.07 Å². The van der Waals surface area contributed by atoms with Gasteiger partial charge in [0.05, 0.1) is 12.7 Å². The maximum absolute atomic E-state index is 12.2. The molecule has 1 fully saturated rings. The van der Waals surface area contributed by atoms with Gasteiger partial charge in [0.1, 0.15) is 18.0 Å². The third-order valence-corrected chi connectivity index (χ3v) is 2.99. The number of methoxy groups -OCH3 is 1. The number of carbonyl (C=O) groups is 2. The van der Waals surface area contributed by atoms with Crippen LogP contribution in [-0.4, -0.2) is 46.7 Å². The quantitative estimate of drug-likeness (QED) is 0.832. The van der Waals surface area contributed by atoms with Crippen LogP contribution in [0.1, 0.15) is 23.2 Å². The second-order valence-electron chi connectivity index (χ2n) is 4.44. The number of carbonyl (C=O) groups excluding carboxylic acids is 1. The van der Waals surface area contributed by atoms with Crippen molar-refractivity contribution in [2.45, 2.75) is 18.9 Å². The van der Waals surface area contributed by atoms with Crippen LogP contribution in [0.2, 0.25) is 0 Å². The first-order valence-corrected chi connectivity index (χ1v) is 5.92. The van der Waals surface area contributed by atoms with Gasteiger partial charge < -0.3 is 19.8 Å². The van der Waals surface area contributed by atoms with E-state index in [2.05, 4.69) is 0 Å². The summed E-state index contributed by atoms with van der Waals surface area (Å²) in [7, 11) is 1.46. The van der Waals surface area contributed by atoms with Crippen LogP contribution in [-0.2, 0) is 4.79 Å². The molecule has 102 valence electrons. The van der Waals surface area contributed by atoms with E-state index in [-0.39, 0.29) is 23.9 Å². The summed E-state index contributed by atoms with van der Waals surface area (Å²) in [6.07, 6.45) is 1.60. The Morgan fingerprint density at radius 3 is 2.58 bits per heavy atom. The maximum Gasteiger partial charge on any atom is 0.323 e. The largest absolute Gasteiger partial charge is 0.507 e. The highest BCUT2D eigenvalue weighted by Crippen LogP contribution is 2.31. The van der Waals surface area contributed by atoms with Crippen LogP contribution in [0.15, 0.2) is 18.2 Å². The number of phenolic OH excluding ortho intramolecular Hbond substituents is 1. The summed E-state index contributed by atoms with van der Waals surface area (Å²) < 4.78 is 4.94. The lowest BCUT2D eigenvalue weighted by atomic mass is 10.1. The fourth-order valence-corrected chi connectivity index (χ4v) is 1.87. The topological polar surface area (TPSA) is 87.1 Å². The first-order chi connectivity index (χ1) is 9.02. The van der Waals surface area contributed by atoms with Crippen molar-refractivity contribution in [3.05, 3.63) is 23.8 Å². The zero-order valence-electron chi connectivity index (χ0n) is 10.5. The molecular formula is C13H15NO5. The standard InChI is InChI=1S/C13H15NO5/c1-19-9-4-5-10(11(15)6-9)13(18)14(7-12(16)17)8-2-3-8/h4-6,8,15H,2-3,7H2,1H3,(H,16,17). The number of hydrogen-bond donors (Lipinski definition) is 2. The van der Waals surface area contributed by atoms with E-state index >= 15 is 0 Å². The number of aromatic hydroxyl groups is 1. The van der Waals surface area contributed by atoms with Gasteiger partial charge in [0, 0.05) is 12.1 Å². The highest BCUT2D eigenvalue weighted by molar-refractivity contribution is 5.98. The Labute approximate surface area is 110 Å². The van der Waals surface area contributed by atoms with E-state index in [1.807, 2.05) is 0 Å². The Morgan fingerprint density at radius 1 is 1.42 bits per heavy atom. The number of hydrogen-bond acceptors (Lipinski definition) is 4. The van der Waals surface area contributed by atoms with Crippen LogP contribution >= 0.6 is 0 Å². The Bertz CT molecular complexity index is 510. The average Bonchev–Trinajstić information content (AvgIpc) is 3.19. The normalized spacial score (nSPS) is 13.9. The summed E-state index contributed by atoms with van der Waals surface area (Å²) in [5, 5.41) is 18.6. The number of phenols is 1. The summed E-state index contributed by atoms with van der Waals surface area (Å²) >= 11 is 0. The Kier molecular flexibility index (Phi) is 3.59. The molecule has 1 aliphatic rings. The smallest absolute Gasteiger partial charge is 0.323 e. The molecule has 19 heavy (non-hydrogen) atoms. The molecule has 1 amide bonds. The predicted molar refractivity (Wildman–Crippen MR) is 66.4 cm³/mol. The molecule has 2 N–H and O–H groups in total. The van der Waals surface area contributed by atoms with Crippen LogP contribution < -0.4 is 4.74 Å². The fraction of sp³-hybridized carbons (Fsp3) is 0.385. The third-order valence-electron chi connectivity index (χ3n) is 2.99. The van der Waals surface area contributed by atoms with Crippen molar-refractivity contribution in [2.24, 2.45) is 0 Å². The highest BCUT2D eigenvalue weighted by Gasteiger charge is 2.35. The van der Waals surface area contributed by atoms with Crippen molar-refractivity contribution in [2.75, 3.05) is 13.7 Å². The molecule has 0 heterocycles. The zero-order chi connectivity index (χ0) is 14.0. The van der Waals surface area contributed by atoms with E-state index in [4.69, 9.17) is 9.84 Å². The van der Waals surface area contributed by atoms with Crippen molar-refractivity contribution in [1.82, 2.24) is 4.90 Å². The fourth-order valence-electron chi connectivity index (χ4n) is 1.87. The molecule has 0 atom stereocenters. The molecule has 1 saturated carbocycles. The Balaban J connectivity index is 2.23. The molecule has 1 aromatic carbocycles. The van der Waals surface area contributed by atoms with E-state index in [0.29, 0.717) is 5.75 Å². The van der Waals surface area contributed by atoms with Gasteiger partial charge in [-0.1, -0.05) is 0 Å². The second-order valence-corrected chi connectivity index (χ2v) is 4.44. The van der Waals surface area contributed by atoms with Crippen LogP contribution in [0, 0.1) is 0 Å². The summed E-state index contributed by atoms with van der Waals surface area (Å²) in [5.41, 5.74) is 0.0916. The molecule has 0 unspecified atom stereocenters. The minimum atomic E-state index is -1.06. The Hall–Kier alpha value is -2.24. The van der Waals surface area contributed by atoms with Gasteiger partial charge in [-0.3, -0.25) is 9.59 Å². The number of carboxylic acids is 1. The molecule has 0 spiro atoms. The molecular weight excluding hydrogens is 250 g/mol. The van der Waals surface area contributed by atoms with E-state index in [0.717, 1.165) is 12.8 Å². The first kappa shape index (κ1) is 13.2. The zero-order valence-corrected chi connectivity index (χ0v) is 10.5. The van der Waals surface area contributed by atoms with Gasteiger partial charge in [0.15, 0.2) is 0 Å². The molecule has 1 aliphatic carbocycles. The minimum absolute atomic E-state index is 0.0369. The van der Waals surface area contributed by atoms with E-state index < -0.39 is 11.9 Å². The molecule has 0 aromatic heterocycles. The molecule has 1 aromatic rings. The summed E-state index contributed by atoms with van der Waals surface area (Å²) in [6, 6.07) is 4.29. The lowest BCUT2D eigenvalue weighted by Gasteiger charge is -2.20. The summed E-state index contributed by atoms with van der Waals surface area (Å²) in [5.74, 6) is -1.30. The minimum Gasteiger partial charge on any atom is -0.507 e. The molecule has 2 rings (SSSR count). The van der Waals surface area contributed by atoms with Crippen LogP contribution in [0.25, 0.3) is 0 Å². The molecule has 0 radical (unpaired) electrons. The first-order valence-electron chi connectivity index (χ1n) is 5.92. The van der Waals surface area contributed by atoms with Crippen molar-refractivity contribution >= 4 is 11.9 Å². The van der Waals surface area contributed by atoms with Gasteiger partial charge in [-0.2, -0.15) is 0 Å². The monoisotopic (exact) mass is 265 g/mol. The van der Waals surface area contributed by atoms with Crippen LogP contribution in [0.3, 0.4) is 0 Å². The number of nitrogens with zero attached hydrogens (tertiary/aromatic N) is 1. The van der Waals surface area contributed by atoms with E-state index in [9.17, 15) is 14.7 Å². The van der Waals surface area contributed by atoms with E-state index in [1.165, 1.54) is 24.1 Å². The van der Waals surface area contributed by atoms with Crippen LogP contribution in [0.5, 0.6) is 11.5 Å². The number of benzene rings is 1. The number of rotatable bonds is 5. The lowest BCUT2D eigenvalue weighted by Crippen LogP contribution is -2.37. The van der Waals surface area contributed by atoms with Gasteiger partial charge in [-0.15, -0.1) is 0 Å². The molecule has 6 heteroatoms. The van der Waals surface area contributed by atoms with Gasteiger partial charge in [-0.25, -0.2) is 0 Å². The van der Waals surface area contributed by atoms with Gasteiger partial charge >= 0.3 is 5.97 Å². The predicted octanol–water partition coefficient (Wildman–Crippen LogP) is 1.09. The van der Waals surface area contributed by atoms with Crippen molar-refractivity contribution in [3.63, 3.8) is 0 Å². The molecule has 6 nitrogen and oxygen atoms in total. The van der Waals surface area contributed by atoms with Crippen molar-refractivity contribution in [3.8, 4) is 11.5 Å². The third kappa shape index (κ3) is 2.96. The number of carboxylic acid groups (broad SMARTS) is 1. The number of ether oxygens (including phenoxy) is 1. The van der Waals surface area contributed by atoms with Crippen LogP contribution in [0.4, 0.5) is 0 Å². The lowest BCUT2D eigenvalue weighted by molar-refractivity contribution is -0.137. The Morgan fingerprint density at radius 2 is 2.11 bits per heavy atom. The molecule has 0 bridgehead atoms. The van der Waals surface area contributed by atoms with Gasteiger partial charge in [0.2, 0.25) is 0 Å². The highest BCUT2D eigenvalue weighted by atomic mass is 16.5. The molecule has 0 saturated heterocycles. The van der Waals surface area contributed by atoms with Crippen molar-refractivity contribution < 1.29 is 24.5 Å². The summed E-state index contributed by atoms with van der Waals surface area (Å²) in [6.45, 7) is -0.352. The average molecular weight is 265 g/mol. The second kappa shape index (κ2) is 5.17. The SMILES string of the molecule is COc1ccc(C(=O)N(CC(=O)O)C2CC2)c(O)c1. The number of amides is 1. The van der Waals surface area contributed by atoms with Gasteiger partial charge in [-0.05, 0) is 25.0 Å². The van der Waals surface area contributed by atoms with Gasteiger partial charge in [0.25, 0.3) is 5.91 Å². The number of aliphatic carboxylic acids is 1. The van der Waals surface area contributed by atoms with Crippen molar-refractivity contribution in [1.29, 1.82) is 0 Å². The summed E-state index contributed by atoms with van der Waals surface area (Å²) in [4.78, 5) is 24.3.